The molecule has 0 atom stereocenters. The Hall–Kier alpha value is -3.48. The second-order valence-corrected chi connectivity index (χ2v) is 6.56. The fourth-order valence-corrected chi connectivity index (χ4v) is 3.26. The van der Waals surface area contributed by atoms with Gasteiger partial charge in [-0.1, -0.05) is 18.2 Å². The van der Waals surface area contributed by atoms with Gasteiger partial charge in [0.15, 0.2) is 0 Å². The van der Waals surface area contributed by atoms with Crippen LogP contribution in [0.4, 0.5) is 10.1 Å². The van der Waals surface area contributed by atoms with Crippen LogP contribution in [0, 0.1) is 5.82 Å². The van der Waals surface area contributed by atoms with E-state index in [1.165, 1.54) is 28.9 Å². The summed E-state index contributed by atoms with van der Waals surface area (Å²) in [5, 5.41) is 4.26. The van der Waals surface area contributed by atoms with E-state index in [0.29, 0.717) is 31.9 Å². The molecule has 1 saturated heterocycles. The minimum absolute atomic E-state index is 0.205. The second-order valence-electron chi connectivity index (χ2n) is 6.56. The van der Waals surface area contributed by atoms with Crippen molar-refractivity contribution in [3.63, 3.8) is 0 Å². The van der Waals surface area contributed by atoms with Crippen molar-refractivity contribution in [2.75, 3.05) is 31.1 Å². The van der Waals surface area contributed by atoms with Crippen LogP contribution in [-0.4, -0.2) is 46.8 Å². The zero-order chi connectivity index (χ0) is 19.5. The van der Waals surface area contributed by atoms with Crippen molar-refractivity contribution in [2.45, 2.75) is 0 Å². The number of piperazine rings is 1. The first-order valence-corrected chi connectivity index (χ1v) is 9.07. The molecule has 0 N–H and O–H groups in total. The van der Waals surface area contributed by atoms with Crippen LogP contribution in [0.2, 0.25) is 0 Å². The number of hydrogen-bond acceptors (Lipinski definition) is 4. The Kier molecular flexibility index (Phi) is 4.89. The Labute approximate surface area is 161 Å². The van der Waals surface area contributed by atoms with Gasteiger partial charge in [0, 0.05) is 37.9 Å². The van der Waals surface area contributed by atoms with E-state index in [4.69, 9.17) is 0 Å². The predicted molar refractivity (Wildman–Crippen MR) is 104 cm³/mol. The molecule has 7 heteroatoms. The highest BCUT2D eigenvalue weighted by Crippen LogP contribution is 2.17. The lowest BCUT2D eigenvalue weighted by molar-refractivity contribution is 0.0739. The Balaban J connectivity index is 1.48. The average Bonchev–Trinajstić information content (AvgIpc) is 2.75. The third-order valence-corrected chi connectivity index (χ3v) is 4.78. The van der Waals surface area contributed by atoms with E-state index in [1.54, 1.807) is 29.2 Å². The van der Waals surface area contributed by atoms with E-state index in [2.05, 4.69) is 10.00 Å². The van der Waals surface area contributed by atoms with Gasteiger partial charge in [-0.05, 0) is 42.5 Å². The van der Waals surface area contributed by atoms with E-state index in [-0.39, 0.29) is 23.0 Å². The van der Waals surface area contributed by atoms with E-state index in [1.807, 2.05) is 18.2 Å². The molecule has 28 heavy (non-hydrogen) atoms. The van der Waals surface area contributed by atoms with Gasteiger partial charge >= 0.3 is 0 Å². The molecule has 0 aliphatic carbocycles. The number of rotatable bonds is 3. The number of anilines is 1. The predicted octanol–water partition coefficient (Wildman–Crippen LogP) is 2.33. The minimum Gasteiger partial charge on any atom is -0.368 e. The molecule has 2 heterocycles. The standard InChI is InChI=1S/C21H19FN4O2/c22-16-6-8-17(9-7-16)24-12-14-25(15-13-24)21(28)19-10-11-20(27)26(23-19)18-4-2-1-3-5-18/h1-11H,12-15H2. The van der Waals surface area contributed by atoms with Crippen LogP contribution in [-0.2, 0) is 0 Å². The summed E-state index contributed by atoms with van der Waals surface area (Å²) in [6.07, 6.45) is 0. The number of carbonyl (C=O) groups is 1. The van der Waals surface area contributed by atoms with Gasteiger partial charge in [0.1, 0.15) is 11.5 Å². The van der Waals surface area contributed by atoms with Crippen molar-refractivity contribution < 1.29 is 9.18 Å². The molecule has 2 aromatic carbocycles. The molecule has 0 saturated carbocycles. The summed E-state index contributed by atoms with van der Waals surface area (Å²) >= 11 is 0. The van der Waals surface area contributed by atoms with E-state index in [9.17, 15) is 14.0 Å². The van der Waals surface area contributed by atoms with Crippen LogP contribution in [0.25, 0.3) is 5.69 Å². The van der Waals surface area contributed by atoms with Crippen LogP contribution >= 0.6 is 0 Å². The van der Waals surface area contributed by atoms with E-state index in [0.717, 1.165) is 5.69 Å². The molecule has 1 aliphatic heterocycles. The molecule has 1 fully saturated rings. The summed E-state index contributed by atoms with van der Waals surface area (Å²) in [5.74, 6) is -0.472. The van der Waals surface area contributed by atoms with Crippen molar-refractivity contribution in [2.24, 2.45) is 0 Å². The molecule has 0 unspecified atom stereocenters. The largest absolute Gasteiger partial charge is 0.368 e. The van der Waals surface area contributed by atoms with Crippen molar-refractivity contribution in [1.29, 1.82) is 0 Å². The fraction of sp³-hybridized carbons (Fsp3) is 0.190. The van der Waals surface area contributed by atoms with Crippen LogP contribution in [0.5, 0.6) is 0 Å². The maximum atomic E-state index is 13.1. The number of halogens is 1. The van der Waals surface area contributed by atoms with Gasteiger partial charge in [-0.25, -0.2) is 4.39 Å². The van der Waals surface area contributed by atoms with Crippen molar-refractivity contribution in [3.05, 3.63) is 88.6 Å². The molecular weight excluding hydrogens is 359 g/mol. The molecule has 1 amide bonds. The van der Waals surface area contributed by atoms with E-state index >= 15 is 0 Å². The monoisotopic (exact) mass is 378 g/mol. The fourth-order valence-electron chi connectivity index (χ4n) is 3.26. The van der Waals surface area contributed by atoms with Gasteiger partial charge in [0.05, 0.1) is 5.69 Å². The molecular formula is C21H19FN4O2. The number of nitrogens with zero attached hydrogens (tertiary/aromatic N) is 4. The maximum Gasteiger partial charge on any atom is 0.274 e. The summed E-state index contributed by atoms with van der Waals surface area (Å²) in [6, 6.07) is 18.2. The molecule has 142 valence electrons. The Morgan fingerprint density at radius 3 is 2.18 bits per heavy atom. The molecule has 0 radical (unpaired) electrons. The highest BCUT2D eigenvalue weighted by molar-refractivity contribution is 5.92. The number of amides is 1. The zero-order valence-electron chi connectivity index (χ0n) is 15.2. The smallest absolute Gasteiger partial charge is 0.274 e. The van der Waals surface area contributed by atoms with Gasteiger partial charge in [-0.2, -0.15) is 9.78 Å². The zero-order valence-corrected chi connectivity index (χ0v) is 15.2. The quantitative estimate of drug-likeness (QED) is 0.702. The minimum atomic E-state index is -0.288. The van der Waals surface area contributed by atoms with Gasteiger partial charge in [-0.3, -0.25) is 9.59 Å². The lowest BCUT2D eigenvalue weighted by atomic mass is 10.2. The van der Waals surface area contributed by atoms with Crippen LogP contribution in [0.3, 0.4) is 0 Å². The van der Waals surface area contributed by atoms with Crippen molar-refractivity contribution >= 4 is 11.6 Å². The summed E-state index contributed by atoms with van der Waals surface area (Å²) in [5.41, 5.74) is 1.50. The maximum absolute atomic E-state index is 13.1. The molecule has 3 aromatic rings. The number of para-hydroxylation sites is 1. The summed E-state index contributed by atoms with van der Waals surface area (Å²) in [7, 11) is 0. The molecule has 0 spiro atoms. The summed E-state index contributed by atoms with van der Waals surface area (Å²) in [6.45, 7) is 2.36. The Morgan fingerprint density at radius 2 is 1.50 bits per heavy atom. The lowest BCUT2D eigenvalue weighted by Gasteiger charge is -2.36. The van der Waals surface area contributed by atoms with Crippen LogP contribution in [0.1, 0.15) is 10.5 Å². The van der Waals surface area contributed by atoms with Gasteiger partial charge in [0.2, 0.25) is 0 Å². The molecule has 4 rings (SSSR count). The molecule has 1 aliphatic rings. The second kappa shape index (κ2) is 7.64. The average molecular weight is 378 g/mol. The van der Waals surface area contributed by atoms with Gasteiger partial charge in [-0.15, -0.1) is 0 Å². The Morgan fingerprint density at radius 1 is 0.821 bits per heavy atom. The Bertz CT molecular complexity index is 1030. The number of hydrogen-bond donors (Lipinski definition) is 0. The first kappa shape index (κ1) is 17.9. The summed E-state index contributed by atoms with van der Waals surface area (Å²) < 4.78 is 14.3. The molecule has 0 bridgehead atoms. The van der Waals surface area contributed by atoms with Crippen LogP contribution in [0.15, 0.2) is 71.5 Å². The third kappa shape index (κ3) is 3.64. The molecule has 1 aromatic heterocycles. The first-order chi connectivity index (χ1) is 13.6. The highest BCUT2D eigenvalue weighted by atomic mass is 19.1. The SMILES string of the molecule is O=C(c1ccc(=O)n(-c2ccccc2)n1)N1CCN(c2ccc(F)cc2)CC1. The lowest BCUT2D eigenvalue weighted by Crippen LogP contribution is -2.49. The van der Waals surface area contributed by atoms with Gasteiger partial charge in [0.25, 0.3) is 11.5 Å². The molecule has 6 nitrogen and oxygen atoms in total. The topological polar surface area (TPSA) is 58.4 Å². The summed E-state index contributed by atoms with van der Waals surface area (Å²) in [4.78, 5) is 28.8. The number of benzene rings is 2. The van der Waals surface area contributed by atoms with Crippen molar-refractivity contribution in [1.82, 2.24) is 14.7 Å². The number of aromatic nitrogens is 2. The van der Waals surface area contributed by atoms with Crippen LogP contribution < -0.4 is 10.5 Å². The first-order valence-electron chi connectivity index (χ1n) is 9.07. The third-order valence-electron chi connectivity index (χ3n) is 4.78. The van der Waals surface area contributed by atoms with E-state index < -0.39 is 0 Å². The van der Waals surface area contributed by atoms with Crippen molar-refractivity contribution in [3.8, 4) is 5.69 Å². The van der Waals surface area contributed by atoms with Gasteiger partial charge < -0.3 is 9.80 Å². The number of carbonyl (C=O) groups excluding carboxylic acids is 1. The highest BCUT2D eigenvalue weighted by Gasteiger charge is 2.24. The normalized spacial score (nSPS) is 14.2.